The minimum absolute atomic E-state index is 0.00126. The Morgan fingerprint density at radius 1 is 0.627 bits per heavy atom. The largest absolute Gasteiger partial charge is 0.544 e. The van der Waals surface area contributed by atoms with E-state index in [1.807, 2.05) is 12.2 Å². The molecule has 0 spiro atoms. The van der Waals surface area contributed by atoms with Crippen LogP contribution in [-0.4, -0.2) is 75.5 Å². The van der Waals surface area contributed by atoms with E-state index in [4.69, 9.17) is 14.2 Å². The normalized spacial score (nSPS) is 14.0. The van der Waals surface area contributed by atoms with E-state index in [0.29, 0.717) is 12.8 Å². The van der Waals surface area contributed by atoms with Crippen LogP contribution in [0.25, 0.3) is 0 Å². The molecule has 8 nitrogen and oxygen atoms in total. The highest BCUT2D eigenvalue weighted by molar-refractivity contribution is 5.70. The highest BCUT2D eigenvalue weighted by atomic mass is 16.6. The molecule has 0 aliphatic rings. The van der Waals surface area contributed by atoms with Gasteiger partial charge < -0.3 is 28.6 Å². The Morgan fingerprint density at radius 2 is 1.20 bits per heavy atom. The van der Waals surface area contributed by atoms with E-state index in [0.717, 1.165) is 57.8 Å². The first-order valence-corrected chi connectivity index (χ1v) is 19.1. The summed E-state index contributed by atoms with van der Waals surface area (Å²) in [6.07, 6.45) is 42.0. The quantitative estimate of drug-likeness (QED) is 0.0227. The van der Waals surface area contributed by atoms with Crippen molar-refractivity contribution in [1.82, 2.24) is 0 Å². The van der Waals surface area contributed by atoms with Crippen molar-refractivity contribution in [3.63, 3.8) is 0 Å². The van der Waals surface area contributed by atoms with Gasteiger partial charge in [0.25, 0.3) is 0 Å². The molecule has 2 atom stereocenters. The van der Waals surface area contributed by atoms with E-state index in [1.165, 1.54) is 12.8 Å². The number of hydrogen-bond acceptors (Lipinski definition) is 7. The van der Waals surface area contributed by atoms with Gasteiger partial charge in [-0.05, 0) is 64.2 Å². The van der Waals surface area contributed by atoms with Gasteiger partial charge in [-0.1, -0.05) is 118 Å². The van der Waals surface area contributed by atoms with Gasteiger partial charge >= 0.3 is 11.9 Å². The van der Waals surface area contributed by atoms with Gasteiger partial charge in [-0.3, -0.25) is 9.59 Å². The number of carbonyl (C=O) groups is 3. The van der Waals surface area contributed by atoms with Crippen molar-refractivity contribution in [2.45, 2.75) is 129 Å². The average Bonchev–Trinajstić information content (AvgIpc) is 3.08. The van der Waals surface area contributed by atoms with Crippen LogP contribution in [0.3, 0.4) is 0 Å². The molecule has 0 heterocycles. The first-order valence-electron chi connectivity index (χ1n) is 19.1. The third-order valence-corrected chi connectivity index (χ3v) is 7.81. The predicted octanol–water partition coefficient (Wildman–Crippen LogP) is 8.46. The van der Waals surface area contributed by atoms with E-state index in [-0.39, 0.29) is 55.5 Å². The summed E-state index contributed by atoms with van der Waals surface area (Å²) in [6, 6.07) is -0.744. The molecule has 0 aromatic carbocycles. The lowest BCUT2D eigenvalue weighted by Gasteiger charge is -2.34. The SMILES string of the molecule is CC/C=C/C/C=C/C/C=C/C/C=C/C/C=C/CCC(=O)OCC(COCCC(C(=O)[O-])[N+](C)(C)C)OC(=O)CCCCC/C=C/C=C/CCCC. The number of ether oxygens (including phenoxy) is 3. The third-order valence-electron chi connectivity index (χ3n) is 7.81. The number of aliphatic carboxylic acids is 1. The first kappa shape index (κ1) is 47.5. The van der Waals surface area contributed by atoms with Crippen LogP contribution in [0.2, 0.25) is 0 Å². The van der Waals surface area contributed by atoms with Gasteiger partial charge in [0.1, 0.15) is 12.6 Å². The monoisotopic (exact) mass is 712 g/mol. The summed E-state index contributed by atoms with van der Waals surface area (Å²) in [6.45, 7) is 4.34. The maximum Gasteiger partial charge on any atom is 0.306 e. The predicted molar refractivity (Wildman–Crippen MR) is 208 cm³/mol. The highest BCUT2D eigenvalue weighted by Crippen LogP contribution is 2.10. The van der Waals surface area contributed by atoms with Crippen molar-refractivity contribution in [2.75, 3.05) is 41.0 Å². The second-order valence-corrected chi connectivity index (χ2v) is 13.5. The van der Waals surface area contributed by atoms with Crippen LogP contribution in [0.15, 0.2) is 85.1 Å². The van der Waals surface area contributed by atoms with Crippen molar-refractivity contribution in [2.24, 2.45) is 0 Å². The van der Waals surface area contributed by atoms with Crippen LogP contribution < -0.4 is 5.11 Å². The molecule has 2 unspecified atom stereocenters. The van der Waals surface area contributed by atoms with Crippen LogP contribution in [0, 0.1) is 0 Å². The minimum Gasteiger partial charge on any atom is -0.544 e. The van der Waals surface area contributed by atoms with Crippen LogP contribution >= 0.6 is 0 Å². The Labute approximate surface area is 310 Å². The summed E-state index contributed by atoms with van der Waals surface area (Å²) in [7, 11) is 5.35. The Hall–Kier alpha value is -3.49. The van der Waals surface area contributed by atoms with Crippen LogP contribution in [0.4, 0.5) is 0 Å². The standard InChI is InChI=1S/C43H69NO7/c1-6-8-10-12-14-16-18-19-20-21-22-24-25-27-29-31-33-41(45)50-38-39(37-49-36-35-40(43(47)48)44(3,4)5)51-42(46)34-32-30-28-26-23-17-15-13-11-9-7-2/h8,10,13-17,19-20,22-24,27,29,39-40H,6-7,9,11-12,18,21,25-26,28,30-38H2,1-5H3/b10-8+,15-13+,16-14+,20-19+,23-17+,24-22+,29-27+. The molecule has 0 rings (SSSR count). The van der Waals surface area contributed by atoms with Gasteiger partial charge in [0.2, 0.25) is 0 Å². The zero-order valence-corrected chi connectivity index (χ0v) is 32.5. The molecular formula is C43H69NO7. The van der Waals surface area contributed by atoms with Crippen molar-refractivity contribution < 1.29 is 38.2 Å². The summed E-state index contributed by atoms with van der Waals surface area (Å²) < 4.78 is 17.0. The zero-order chi connectivity index (χ0) is 37.8. The molecule has 8 heteroatoms. The molecule has 0 saturated heterocycles. The second-order valence-electron chi connectivity index (χ2n) is 13.5. The highest BCUT2D eigenvalue weighted by Gasteiger charge is 2.25. The molecule has 51 heavy (non-hydrogen) atoms. The summed E-state index contributed by atoms with van der Waals surface area (Å²) in [5.74, 6) is -1.90. The minimum atomic E-state index is -1.14. The molecule has 0 aliphatic heterocycles. The Balaban J connectivity index is 4.59. The number of quaternary nitrogens is 1. The average molecular weight is 712 g/mol. The molecule has 0 aliphatic carbocycles. The van der Waals surface area contributed by atoms with E-state index >= 15 is 0 Å². The molecule has 0 N–H and O–H groups in total. The Kier molecular flexibility index (Phi) is 31.3. The number of carbonyl (C=O) groups excluding carboxylic acids is 3. The molecule has 0 aromatic rings. The number of nitrogens with zero attached hydrogens (tertiary/aromatic N) is 1. The van der Waals surface area contributed by atoms with Gasteiger partial charge in [-0.15, -0.1) is 0 Å². The number of carboxylic acids is 1. The lowest BCUT2D eigenvalue weighted by Crippen LogP contribution is -2.55. The number of unbranched alkanes of at least 4 members (excludes halogenated alkanes) is 5. The molecule has 0 bridgehead atoms. The number of likely N-dealkylation sites (N-methyl/N-ethyl adjacent to an activating group) is 1. The molecular weight excluding hydrogens is 642 g/mol. The molecule has 0 aromatic heterocycles. The van der Waals surface area contributed by atoms with Gasteiger partial charge in [0.15, 0.2) is 6.10 Å². The van der Waals surface area contributed by atoms with E-state index in [9.17, 15) is 19.5 Å². The first-order chi connectivity index (χ1) is 24.6. The van der Waals surface area contributed by atoms with Crippen molar-refractivity contribution in [1.29, 1.82) is 0 Å². The second kappa shape index (κ2) is 33.6. The molecule has 0 radical (unpaired) electrons. The van der Waals surface area contributed by atoms with Gasteiger partial charge in [-0.2, -0.15) is 0 Å². The Bertz CT molecular complexity index is 1110. The zero-order valence-electron chi connectivity index (χ0n) is 32.5. The number of hydrogen-bond donors (Lipinski definition) is 0. The lowest BCUT2D eigenvalue weighted by atomic mass is 10.1. The van der Waals surface area contributed by atoms with Crippen molar-refractivity contribution >= 4 is 17.9 Å². The fourth-order valence-electron chi connectivity index (χ4n) is 4.80. The number of esters is 2. The van der Waals surface area contributed by atoms with Crippen LogP contribution in [0.1, 0.15) is 117 Å². The molecule has 0 fully saturated rings. The molecule has 0 saturated carbocycles. The smallest absolute Gasteiger partial charge is 0.306 e. The molecule has 288 valence electrons. The van der Waals surface area contributed by atoms with E-state index in [2.05, 4.69) is 86.8 Å². The van der Waals surface area contributed by atoms with Gasteiger partial charge in [0, 0.05) is 19.3 Å². The fraction of sp³-hybridized carbons (Fsp3) is 0.605. The van der Waals surface area contributed by atoms with E-state index < -0.39 is 18.1 Å². The van der Waals surface area contributed by atoms with E-state index in [1.54, 1.807) is 21.1 Å². The summed E-state index contributed by atoms with van der Waals surface area (Å²) >= 11 is 0. The maximum atomic E-state index is 12.6. The summed E-state index contributed by atoms with van der Waals surface area (Å²) in [5.41, 5.74) is 0. The Morgan fingerprint density at radius 3 is 1.75 bits per heavy atom. The van der Waals surface area contributed by atoms with Gasteiger partial charge in [0.05, 0.1) is 40.3 Å². The molecule has 0 amide bonds. The lowest BCUT2D eigenvalue weighted by molar-refractivity contribution is -0.889. The third kappa shape index (κ3) is 32.2. The van der Waals surface area contributed by atoms with Crippen molar-refractivity contribution in [3.8, 4) is 0 Å². The number of allylic oxidation sites excluding steroid dienone is 14. The maximum absolute atomic E-state index is 12.6. The van der Waals surface area contributed by atoms with Crippen LogP contribution in [0.5, 0.6) is 0 Å². The topological polar surface area (TPSA) is 102 Å². The summed E-state index contributed by atoms with van der Waals surface area (Å²) in [5, 5.41) is 11.6. The van der Waals surface area contributed by atoms with Crippen molar-refractivity contribution in [3.05, 3.63) is 85.1 Å². The van der Waals surface area contributed by atoms with Crippen LogP contribution in [-0.2, 0) is 28.6 Å². The number of carboxylic acid groups (broad SMARTS) is 1. The summed E-state index contributed by atoms with van der Waals surface area (Å²) in [4.78, 5) is 36.6. The number of rotatable bonds is 32. The van der Waals surface area contributed by atoms with Gasteiger partial charge in [-0.25, -0.2) is 0 Å². The fourth-order valence-corrected chi connectivity index (χ4v) is 4.80.